The molecule has 2 nitrogen and oxygen atoms in total. The Morgan fingerprint density at radius 1 is 0.952 bits per heavy atom. The molecule has 1 atom stereocenters. The van der Waals surface area contributed by atoms with Crippen LogP contribution in [0.25, 0.3) is 0 Å². The Morgan fingerprint density at radius 2 is 1.52 bits per heavy atom. The van der Waals surface area contributed by atoms with Crippen molar-refractivity contribution < 1.29 is 0 Å². The maximum Gasteiger partial charge on any atom is 0.0303 e. The van der Waals surface area contributed by atoms with Crippen LogP contribution >= 0.6 is 0 Å². The molecular formula is C19H40N2. The molecular weight excluding hydrogens is 256 g/mol. The van der Waals surface area contributed by atoms with Gasteiger partial charge in [0.1, 0.15) is 0 Å². The van der Waals surface area contributed by atoms with Crippen LogP contribution in [0.4, 0.5) is 0 Å². The molecule has 0 spiro atoms. The van der Waals surface area contributed by atoms with Gasteiger partial charge in [0.25, 0.3) is 0 Å². The molecule has 0 saturated carbocycles. The molecule has 1 heterocycles. The van der Waals surface area contributed by atoms with Crippen LogP contribution in [0.15, 0.2) is 0 Å². The van der Waals surface area contributed by atoms with Gasteiger partial charge in [0.05, 0.1) is 0 Å². The van der Waals surface area contributed by atoms with E-state index in [9.17, 15) is 0 Å². The first-order chi connectivity index (χ1) is 10.1. The molecule has 0 bridgehead atoms. The third-order valence-corrected chi connectivity index (χ3v) is 6.35. The normalized spacial score (nSPS) is 22.1. The zero-order valence-corrected chi connectivity index (χ0v) is 15.2. The van der Waals surface area contributed by atoms with Crippen molar-refractivity contribution in [2.75, 3.05) is 19.6 Å². The van der Waals surface area contributed by atoms with Crippen molar-refractivity contribution in [2.45, 2.75) is 97.4 Å². The van der Waals surface area contributed by atoms with Gasteiger partial charge in [-0.3, -0.25) is 4.90 Å². The van der Waals surface area contributed by atoms with E-state index in [0.29, 0.717) is 5.41 Å². The Kier molecular flexibility index (Phi) is 8.26. The minimum absolute atomic E-state index is 0.236. The first-order valence-electron chi connectivity index (χ1n) is 9.51. The molecule has 0 aromatic rings. The average Bonchev–Trinajstić information content (AvgIpc) is 2.54. The summed E-state index contributed by atoms with van der Waals surface area (Å²) in [6.45, 7) is 12.7. The lowest BCUT2D eigenvalue weighted by Crippen LogP contribution is -2.55. The summed E-state index contributed by atoms with van der Waals surface area (Å²) < 4.78 is 0. The van der Waals surface area contributed by atoms with Crippen LogP contribution < -0.4 is 5.73 Å². The standard InChI is InChI=1S/C19H40N2/c1-5-8-9-10-11-12-18(4,17-20)21-15-13-19(6-2,7-3)14-16-21/h5-17,20H2,1-4H3. The molecule has 0 aliphatic carbocycles. The third-order valence-electron chi connectivity index (χ3n) is 6.35. The largest absolute Gasteiger partial charge is 0.329 e. The smallest absolute Gasteiger partial charge is 0.0303 e. The molecule has 0 aromatic heterocycles. The van der Waals surface area contributed by atoms with E-state index in [2.05, 4.69) is 32.6 Å². The van der Waals surface area contributed by atoms with Gasteiger partial charge >= 0.3 is 0 Å². The van der Waals surface area contributed by atoms with E-state index in [1.165, 1.54) is 77.3 Å². The van der Waals surface area contributed by atoms with E-state index in [1.807, 2.05) is 0 Å². The molecule has 0 amide bonds. The summed E-state index contributed by atoms with van der Waals surface area (Å²) in [7, 11) is 0. The number of likely N-dealkylation sites (tertiary alicyclic amines) is 1. The molecule has 2 N–H and O–H groups in total. The molecule has 126 valence electrons. The summed E-state index contributed by atoms with van der Waals surface area (Å²) in [4.78, 5) is 2.70. The molecule has 1 fully saturated rings. The summed E-state index contributed by atoms with van der Waals surface area (Å²) in [6, 6.07) is 0. The van der Waals surface area contributed by atoms with E-state index in [0.717, 1.165) is 6.54 Å². The van der Waals surface area contributed by atoms with Gasteiger partial charge in [-0.05, 0) is 44.7 Å². The van der Waals surface area contributed by atoms with Crippen LogP contribution in [0.5, 0.6) is 0 Å². The monoisotopic (exact) mass is 296 g/mol. The Hall–Kier alpha value is -0.0800. The Morgan fingerprint density at radius 3 is 2.00 bits per heavy atom. The van der Waals surface area contributed by atoms with Gasteiger partial charge < -0.3 is 5.73 Å². The Balaban J connectivity index is 2.45. The highest BCUT2D eigenvalue weighted by molar-refractivity contribution is 4.93. The number of hydrogen-bond acceptors (Lipinski definition) is 2. The lowest BCUT2D eigenvalue weighted by molar-refractivity contribution is 0.0195. The quantitative estimate of drug-likeness (QED) is 0.577. The summed E-state index contributed by atoms with van der Waals surface area (Å²) in [5.41, 5.74) is 7.02. The van der Waals surface area contributed by atoms with E-state index in [1.54, 1.807) is 0 Å². The SMILES string of the molecule is CCCCCCCC(C)(CN)N1CCC(CC)(CC)CC1. The lowest BCUT2D eigenvalue weighted by Gasteiger charge is -2.48. The Labute approximate surface area is 133 Å². The molecule has 21 heavy (non-hydrogen) atoms. The van der Waals surface area contributed by atoms with Gasteiger partial charge in [0.15, 0.2) is 0 Å². The van der Waals surface area contributed by atoms with Crippen molar-refractivity contribution >= 4 is 0 Å². The molecule has 1 saturated heterocycles. The summed E-state index contributed by atoms with van der Waals surface area (Å²) in [5.74, 6) is 0. The molecule has 0 radical (unpaired) electrons. The minimum atomic E-state index is 0.236. The average molecular weight is 297 g/mol. The fourth-order valence-electron chi connectivity index (χ4n) is 3.98. The topological polar surface area (TPSA) is 29.3 Å². The van der Waals surface area contributed by atoms with E-state index in [4.69, 9.17) is 5.73 Å². The van der Waals surface area contributed by atoms with Crippen molar-refractivity contribution in [1.29, 1.82) is 0 Å². The second kappa shape index (κ2) is 9.15. The van der Waals surface area contributed by atoms with Crippen molar-refractivity contribution in [3.8, 4) is 0 Å². The predicted molar refractivity (Wildman–Crippen MR) is 94.7 cm³/mol. The van der Waals surface area contributed by atoms with E-state index >= 15 is 0 Å². The number of rotatable bonds is 10. The number of nitrogens with zero attached hydrogens (tertiary/aromatic N) is 1. The van der Waals surface area contributed by atoms with Crippen LogP contribution in [0.1, 0.15) is 91.9 Å². The van der Waals surface area contributed by atoms with Gasteiger partial charge in [-0.25, -0.2) is 0 Å². The van der Waals surface area contributed by atoms with Crippen LogP contribution in [-0.2, 0) is 0 Å². The van der Waals surface area contributed by atoms with Crippen LogP contribution in [0.2, 0.25) is 0 Å². The maximum absolute atomic E-state index is 6.17. The number of hydrogen-bond donors (Lipinski definition) is 1. The van der Waals surface area contributed by atoms with Gasteiger partial charge in [0, 0.05) is 12.1 Å². The number of nitrogens with two attached hydrogens (primary N) is 1. The number of unbranched alkanes of at least 4 members (excludes halogenated alkanes) is 4. The van der Waals surface area contributed by atoms with Gasteiger partial charge in [-0.2, -0.15) is 0 Å². The van der Waals surface area contributed by atoms with Gasteiger partial charge in [-0.15, -0.1) is 0 Å². The van der Waals surface area contributed by atoms with Crippen LogP contribution in [0.3, 0.4) is 0 Å². The summed E-state index contributed by atoms with van der Waals surface area (Å²) in [5, 5.41) is 0. The molecule has 1 aliphatic rings. The minimum Gasteiger partial charge on any atom is -0.329 e. The van der Waals surface area contributed by atoms with Crippen molar-refractivity contribution in [3.63, 3.8) is 0 Å². The second-order valence-corrected chi connectivity index (χ2v) is 7.56. The third kappa shape index (κ3) is 5.25. The highest BCUT2D eigenvalue weighted by Gasteiger charge is 2.37. The van der Waals surface area contributed by atoms with Crippen LogP contribution in [-0.4, -0.2) is 30.1 Å². The zero-order valence-electron chi connectivity index (χ0n) is 15.2. The van der Waals surface area contributed by atoms with Gasteiger partial charge in [0.2, 0.25) is 0 Å². The molecule has 2 heteroatoms. The Bertz CT molecular complexity index is 263. The summed E-state index contributed by atoms with van der Waals surface area (Å²) in [6.07, 6.45) is 13.5. The first kappa shape index (κ1) is 19.0. The van der Waals surface area contributed by atoms with E-state index in [-0.39, 0.29) is 5.54 Å². The van der Waals surface area contributed by atoms with Crippen molar-refractivity contribution in [2.24, 2.45) is 11.1 Å². The fourth-order valence-corrected chi connectivity index (χ4v) is 3.98. The zero-order chi connectivity index (χ0) is 15.8. The van der Waals surface area contributed by atoms with E-state index < -0.39 is 0 Å². The highest BCUT2D eigenvalue weighted by atomic mass is 15.2. The fraction of sp³-hybridized carbons (Fsp3) is 1.00. The highest BCUT2D eigenvalue weighted by Crippen LogP contribution is 2.40. The molecule has 1 unspecified atom stereocenters. The second-order valence-electron chi connectivity index (χ2n) is 7.56. The number of piperidine rings is 1. The molecule has 1 aliphatic heterocycles. The van der Waals surface area contributed by atoms with Crippen LogP contribution in [0, 0.1) is 5.41 Å². The first-order valence-corrected chi connectivity index (χ1v) is 9.51. The van der Waals surface area contributed by atoms with Crippen molar-refractivity contribution in [1.82, 2.24) is 4.90 Å². The molecule has 1 rings (SSSR count). The summed E-state index contributed by atoms with van der Waals surface area (Å²) >= 11 is 0. The van der Waals surface area contributed by atoms with Gasteiger partial charge in [-0.1, -0.05) is 65.7 Å². The predicted octanol–water partition coefficient (Wildman–Crippen LogP) is 4.97. The van der Waals surface area contributed by atoms with Crippen molar-refractivity contribution in [3.05, 3.63) is 0 Å². The lowest BCUT2D eigenvalue weighted by atomic mass is 9.73. The molecule has 0 aromatic carbocycles. The maximum atomic E-state index is 6.17.